The Morgan fingerprint density at radius 1 is 1.31 bits per heavy atom. The molecule has 0 saturated heterocycles. The summed E-state index contributed by atoms with van der Waals surface area (Å²) in [5.74, 6) is -0.470. The Kier molecular flexibility index (Phi) is 6.89. The molecule has 0 fully saturated rings. The molecule has 0 aliphatic carbocycles. The average molecular weight is 223 g/mol. The summed E-state index contributed by atoms with van der Waals surface area (Å²) in [7, 11) is 0. The lowest BCUT2D eigenvalue weighted by Gasteiger charge is -2.12. The van der Waals surface area contributed by atoms with Crippen LogP contribution < -0.4 is 5.32 Å². The van der Waals surface area contributed by atoms with Gasteiger partial charge in [0.05, 0.1) is 0 Å². The van der Waals surface area contributed by atoms with Crippen LogP contribution in [0.3, 0.4) is 0 Å². The zero-order chi connectivity index (χ0) is 10.3. The third-order valence-electron chi connectivity index (χ3n) is 1.39. The second-order valence-corrected chi connectivity index (χ2v) is 3.34. The number of carbonyl (C=O) groups excluding carboxylic acids is 1. The van der Waals surface area contributed by atoms with Crippen LogP contribution in [0.4, 0.5) is 0 Å². The van der Waals surface area contributed by atoms with Crippen LogP contribution in [0.25, 0.3) is 0 Å². The standard InChI is InChI=1S/C7H13NO3S2/c9-6(2-4-13)8-5(1-3-12)7(10)11/h5,12-13H,1-4H2,(H,8,9)(H,10,11)/t5-/m0/s1. The number of amides is 1. The van der Waals surface area contributed by atoms with Gasteiger partial charge in [-0.2, -0.15) is 25.3 Å². The Morgan fingerprint density at radius 2 is 1.92 bits per heavy atom. The van der Waals surface area contributed by atoms with Crippen LogP contribution in [-0.2, 0) is 9.59 Å². The van der Waals surface area contributed by atoms with Gasteiger partial charge in [0.1, 0.15) is 6.04 Å². The van der Waals surface area contributed by atoms with Crippen LogP contribution in [0.5, 0.6) is 0 Å². The molecule has 0 heterocycles. The van der Waals surface area contributed by atoms with Crippen molar-refractivity contribution in [2.75, 3.05) is 11.5 Å². The summed E-state index contributed by atoms with van der Waals surface area (Å²) in [6.45, 7) is 0. The van der Waals surface area contributed by atoms with E-state index < -0.39 is 12.0 Å². The summed E-state index contributed by atoms with van der Waals surface area (Å²) in [5.41, 5.74) is 0. The lowest BCUT2D eigenvalue weighted by molar-refractivity contribution is -0.141. The highest BCUT2D eigenvalue weighted by Gasteiger charge is 2.17. The van der Waals surface area contributed by atoms with Gasteiger partial charge in [-0.05, 0) is 17.9 Å². The van der Waals surface area contributed by atoms with E-state index in [0.717, 1.165) is 0 Å². The second-order valence-electron chi connectivity index (χ2n) is 2.44. The van der Waals surface area contributed by atoms with Crippen LogP contribution in [0, 0.1) is 0 Å². The number of hydrogen-bond donors (Lipinski definition) is 4. The van der Waals surface area contributed by atoms with Crippen molar-refractivity contribution in [3.05, 3.63) is 0 Å². The van der Waals surface area contributed by atoms with Crippen molar-refractivity contribution in [3.63, 3.8) is 0 Å². The molecule has 13 heavy (non-hydrogen) atoms. The molecule has 1 amide bonds. The molecule has 0 unspecified atom stereocenters. The third-order valence-corrected chi connectivity index (χ3v) is 1.87. The van der Waals surface area contributed by atoms with Crippen LogP contribution in [0.1, 0.15) is 12.8 Å². The van der Waals surface area contributed by atoms with Crippen LogP contribution in [-0.4, -0.2) is 34.5 Å². The van der Waals surface area contributed by atoms with Crippen molar-refractivity contribution in [2.24, 2.45) is 0 Å². The molecule has 1 atom stereocenters. The van der Waals surface area contributed by atoms with Crippen LogP contribution in [0.15, 0.2) is 0 Å². The molecule has 4 nitrogen and oxygen atoms in total. The first-order chi connectivity index (χ1) is 6.11. The van der Waals surface area contributed by atoms with Gasteiger partial charge in [-0.25, -0.2) is 4.79 Å². The van der Waals surface area contributed by atoms with Gasteiger partial charge in [0.15, 0.2) is 0 Å². The maximum absolute atomic E-state index is 11.0. The molecule has 0 bridgehead atoms. The fourth-order valence-electron chi connectivity index (χ4n) is 0.755. The minimum Gasteiger partial charge on any atom is -0.480 e. The fourth-order valence-corrected chi connectivity index (χ4v) is 1.22. The van der Waals surface area contributed by atoms with Crippen molar-refractivity contribution in [1.29, 1.82) is 0 Å². The number of rotatable bonds is 6. The molecule has 6 heteroatoms. The van der Waals surface area contributed by atoms with E-state index in [4.69, 9.17) is 5.11 Å². The van der Waals surface area contributed by atoms with Crippen LogP contribution >= 0.6 is 25.3 Å². The predicted octanol–water partition coefficient (Wildman–Crippen LogP) is 0.196. The Morgan fingerprint density at radius 3 is 2.31 bits per heavy atom. The average Bonchev–Trinajstić information content (AvgIpc) is 2.04. The summed E-state index contributed by atoms with van der Waals surface area (Å²) in [5, 5.41) is 11.0. The largest absolute Gasteiger partial charge is 0.480 e. The highest BCUT2D eigenvalue weighted by Crippen LogP contribution is 1.96. The van der Waals surface area contributed by atoms with E-state index in [9.17, 15) is 9.59 Å². The first-order valence-corrected chi connectivity index (χ1v) is 5.12. The molecule has 0 radical (unpaired) electrons. The monoisotopic (exact) mass is 223 g/mol. The van der Waals surface area contributed by atoms with Gasteiger partial charge in [-0.3, -0.25) is 4.79 Å². The summed E-state index contributed by atoms with van der Waals surface area (Å²) >= 11 is 7.76. The lowest BCUT2D eigenvalue weighted by atomic mass is 10.2. The van der Waals surface area contributed by atoms with Crippen molar-refractivity contribution in [2.45, 2.75) is 18.9 Å². The normalized spacial score (nSPS) is 12.2. The zero-order valence-corrected chi connectivity index (χ0v) is 8.85. The second kappa shape index (κ2) is 7.08. The van der Waals surface area contributed by atoms with Crippen LogP contribution in [0.2, 0.25) is 0 Å². The van der Waals surface area contributed by atoms with E-state index >= 15 is 0 Å². The maximum Gasteiger partial charge on any atom is 0.326 e. The van der Waals surface area contributed by atoms with Crippen molar-refractivity contribution < 1.29 is 14.7 Å². The first kappa shape index (κ1) is 12.6. The maximum atomic E-state index is 11.0. The Bertz CT molecular complexity index is 187. The van der Waals surface area contributed by atoms with E-state index in [-0.39, 0.29) is 12.3 Å². The molecule has 0 aliphatic heterocycles. The molecular weight excluding hydrogens is 210 g/mol. The van der Waals surface area contributed by atoms with E-state index in [1.165, 1.54) is 0 Å². The molecule has 0 aromatic heterocycles. The molecule has 0 aliphatic rings. The third kappa shape index (κ3) is 5.81. The quantitative estimate of drug-likeness (QED) is 0.486. The molecule has 0 spiro atoms. The van der Waals surface area contributed by atoms with Gasteiger partial charge in [-0.1, -0.05) is 0 Å². The molecule has 0 saturated carbocycles. The molecule has 2 N–H and O–H groups in total. The topological polar surface area (TPSA) is 66.4 Å². The molecule has 0 aromatic carbocycles. The molecule has 0 rings (SSSR count). The summed E-state index contributed by atoms with van der Waals surface area (Å²) < 4.78 is 0. The van der Waals surface area contributed by atoms with E-state index in [1.54, 1.807) is 0 Å². The Labute approximate surface area is 87.9 Å². The number of thiol groups is 2. The summed E-state index contributed by atoms with van der Waals surface area (Å²) in [4.78, 5) is 21.5. The number of carboxylic acid groups (broad SMARTS) is 1. The Hall–Kier alpha value is -0.360. The fraction of sp³-hybridized carbons (Fsp3) is 0.714. The molecular formula is C7H13NO3S2. The lowest BCUT2D eigenvalue weighted by Crippen LogP contribution is -2.41. The summed E-state index contributed by atoms with van der Waals surface area (Å²) in [6, 6.07) is -0.829. The van der Waals surface area contributed by atoms with Crippen molar-refractivity contribution in [3.8, 4) is 0 Å². The van der Waals surface area contributed by atoms with Crippen molar-refractivity contribution in [1.82, 2.24) is 5.32 Å². The zero-order valence-electron chi connectivity index (χ0n) is 7.06. The highest BCUT2D eigenvalue weighted by molar-refractivity contribution is 7.80. The van der Waals surface area contributed by atoms with Gasteiger partial charge >= 0.3 is 5.97 Å². The van der Waals surface area contributed by atoms with Gasteiger partial charge < -0.3 is 10.4 Å². The van der Waals surface area contributed by atoms with Gasteiger partial charge in [0.25, 0.3) is 0 Å². The van der Waals surface area contributed by atoms with Crippen molar-refractivity contribution >= 4 is 37.1 Å². The first-order valence-electron chi connectivity index (χ1n) is 3.85. The number of carbonyl (C=O) groups is 2. The smallest absolute Gasteiger partial charge is 0.326 e. The number of nitrogens with one attached hydrogen (secondary N) is 1. The molecule has 76 valence electrons. The number of carboxylic acids is 1. The number of hydrogen-bond acceptors (Lipinski definition) is 4. The minimum absolute atomic E-state index is 0.236. The highest BCUT2D eigenvalue weighted by atomic mass is 32.1. The van der Waals surface area contributed by atoms with E-state index in [1.807, 2.05) is 0 Å². The number of aliphatic carboxylic acids is 1. The van der Waals surface area contributed by atoms with E-state index in [2.05, 4.69) is 30.6 Å². The summed E-state index contributed by atoms with van der Waals surface area (Å²) in [6.07, 6.45) is 0.566. The Balaban J connectivity index is 3.94. The molecule has 0 aromatic rings. The minimum atomic E-state index is -1.03. The van der Waals surface area contributed by atoms with Gasteiger partial charge in [-0.15, -0.1) is 0 Å². The van der Waals surface area contributed by atoms with Gasteiger partial charge in [0, 0.05) is 6.42 Å². The van der Waals surface area contributed by atoms with Gasteiger partial charge in [0.2, 0.25) is 5.91 Å². The predicted molar refractivity (Wildman–Crippen MR) is 56.5 cm³/mol. The van der Waals surface area contributed by atoms with E-state index in [0.29, 0.717) is 17.9 Å². The SMILES string of the molecule is O=C(CCS)N[C@@H](CCS)C(=O)O.